The van der Waals surface area contributed by atoms with E-state index in [9.17, 15) is 0 Å². The fourth-order valence-corrected chi connectivity index (χ4v) is 3.28. The Balaban J connectivity index is 1.64. The molecular weight excluding hydrogens is 234 g/mol. The third-order valence-electron chi connectivity index (χ3n) is 4.50. The van der Waals surface area contributed by atoms with Crippen LogP contribution in [0.15, 0.2) is 24.3 Å². The molecule has 1 fully saturated rings. The fourth-order valence-electron chi connectivity index (χ4n) is 3.28. The summed E-state index contributed by atoms with van der Waals surface area (Å²) >= 11 is 0. The van der Waals surface area contributed by atoms with Crippen molar-refractivity contribution >= 4 is 11.4 Å². The van der Waals surface area contributed by atoms with Gasteiger partial charge in [-0.15, -0.1) is 0 Å². The van der Waals surface area contributed by atoms with E-state index in [2.05, 4.69) is 46.4 Å². The molecule has 104 valence electrons. The summed E-state index contributed by atoms with van der Waals surface area (Å²) in [5.41, 5.74) is 2.79. The van der Waals surface area contributed by atoms with E-state index in [0.717, 1.165) is 19.1 Å². The molecule has 0 amide bonds. The molecule has 1 aromatic rings. The molecule has 1 N–H and O–H groups in total. The average molecular weight is 259 g/mol. The van der Waals surface area contributed by atoms with Gasteiger partial charge in [0.2, 0.25) is 0 Å². The van der Waals surface area contributed by atoms with Gasteiger partial charge < -0.3 is 15.1 Å². The molecule has 2 heterocycles. The Morgan fingerprint density at radius 1 is 1.16 bits per heavy atom. The maximum Gasteiger partial charge on any atom is 0.0604 e. The van der Waals surface area contributed by atoms with Crippen molar-refractivity contribution in [1.29, 1.82) is 0 Å². The summed E-state index contributed by atoms with van der Waals surface area (Å²) < 4.78 is 0. The molecule has 1 saturated heterocycles. The summed E-state index contributed by atoms with van der Waals surface area (Å²) in [6.45, 7) is 4.68. The minimum atomic E-state index is 0.737. The lowest BCUT2D eigenvalue weighted by Crippen LogP contribution is -2.42. The molecule has 3 heteroatoms. The number of piperidine rings is 1. The molecule has 1 aromatic carbocycles. The van der Waals surface area contributed by atoms with Crippen LogP contribution in [0.3, 0.4) is 0 Å². The minimum Gasteiger partial charge on any atom is -0.371 e. The van der Waals surface area contributed by atoms with E-state index in [1.54, 1.807) is 0 Å². The molecule has 0 aliphatic carbocycles. The quantitative estimate of drug-likeness (QED) is 0.899. The molecule has 0 bridgehead atoms. The normalized spacial score (nSPS) is 23.3. The van der Waals surface area contributed by atoms with Gasteiger partial charge in [-0.05, 0) is 37.9 Å². The molecule has 2 aliphatic heterocycles. The number of rotatable bonds is 3. The van der Waals surface area contributed by atoms with Crippen LogP contribution in [0.25, 0.3) is 0 Å². The predicted molar refractivity (Wildman–Crippen MR) is 82.2 cm³/mol. The van der Waals surface area contributed by atoms with Gasteiger partial charge >= 0.3 is 0 Å². The topological polar surface area (TPSA) is 18.5 Å². The maximum absolute atomic E-state index is 3.65. The Morgan fingerprint density at radius 3 is 2.79 bits per heavy atom. The molecule has 19 heavy (non-hydrogen) atoms. The third-order valence-corrected chi connectivity index (χ3v) is 4.50. The molecule has 0 saturated carbocycles. The molecular formula is C16H25N3. The van der Waals surface area contributed by atoms with Crippen LogP contribution in [0.2, 0.25) is 0 Å². The number of hydrogen-bond donors (Lipinski definition) is 1. The Bertz CT molecular complexity index is 412. The summed E-state index contributed by atoms with van der Waals surface area (Å²) in [6, 6.07) is 9.53. The van der Waals surface area contributed by atoms with Crippen LogP contribution < -0.4 is 15.1 Å². The monoisotopic (exact) mass is 259 g/mol. The number of hydrogen-bond acceptors (Lipinski definition) is 3. The number of anilines is 2. The Morgan fingerprint density at radius 2 is 2.00 bits per heavy atom. The number of nitrogens with one attached hydrogen (secondary N) is 1. The van der Waals surface area contributed by atoms with E-state index in [-0.39, 0.29) is 0 Å². The molecule has 2 aliphatic rings. The van der Waals surface area contributed by atoms with Gasteiger partial charge in [-0.3, -0.25) is 0 Å². The highest BCUT2D eigenvalue weighted by Gasteiger charge is 2.21. The van der Waals surface area contributed by atoms with Gasteiger partial charge in [0.25, 0.3) is 0 Å². The van der Waals surface area contributed by atoms with Gasteiger partial charge in [0.1, 0.15) is 0 Å². The minimum absolute atomic E-state index is 0.737. The maximum atomic E-state index is 3.65. The van der Waals surface area contributed by atoms with Crippen LogP contribution >= 0.6 is 0 Å². The van der Waals surface area contributed by atoms with Gasteiger partial charge in [0.15, 0.2) is 0 Å². The summed E-state index contributed by atoms with van der Waals surface area (Å²) in [5.74, 6) is 0. The highest BCUT2D eigenvalue weighted by molar-refractivity contribution is 5.73. The van der Waals surface area contributed by atoms with Crippen molar-refractivity contribution in [2.24, 2.45) is 0 Å². The van der Waals surface area contributed by atoms with E-state index in [1.165, 1.54) is 50.1 Å². The van der Waals surface area contributed by atoms with Gasteiger partial charge in [-0.25, -0.2) is 0 Å². The van der Waals surface area contributed by atoms with Gasteiger partial charge in [0.05, 0.1) is 11.4 Å². The number of nitrogens with zero attached hydrogens (tertiary/aromatic N) is 2. The molecule has 3 nitrogen and oxygen atoms in total. The second-order valence-corrected chi connectivity index (χ2v) is 5.83. The number of para-hydroxylation sites is 2. The number of fused-ring (bicyclic) bond motifs is 1. The van der Waals surface area contributed by atoms with Crippen LogP contribution in [-0.2, 0) is 0 Å². The van der Waals surface area contributed by atoms with Crippen molar-refractivity contribution in [3.05, 3.63) is 24.3 Å². The lowest BCUT2D eigenvalue weighted by atomic mass is 10.0. The summed E-state index contributed by atoms with van der Waals surface area (Å²) in [6.07, 6.45) is 5.39. The summed E-state index contributed by atoms with van der Waals surface area (Å²) in [5, 5.41) is 3.65. The Labute approximate surface area is 116 Å². The first-order chi connectivity index (χ1) is 9.34. The lowest BCUT2D eigenvalue weighted by Gasteiger charge is -2.38. The van der Waals surface area contributed by atoms with E-state index < -0.39 is 0 Å². The van der Waals surface area contributed by atoms with E-state index in [4.69, 9.17) is 0 Å². The molecule has 1 atom stereocenters. The predicted octanol–water partition coefficient (Wildman–Crippen LogP) is 2.47. The van der Waals surface area contributed by atoms with Crippen molar-refractivity contribution < 1.29 is 0 Å². The number of likely N-dealkylation sites (N-methyl/N-ethyl adjacent to an activating group) is 1. The molecule has 0 radical (unpaired) electrons. The first kappa shape index (κ1) is 12.8. The molecule has 0 spiro atoms. The smallest absolute Gasteiger partial charge is 0.0604 e. The van der Waals surface area contributed by atoms with Gasteiger partial charge in [-0.2, -0.15) is 0 Å². The first-order valence-corrected chi connectivity index (χ1v) is 7.63. The SMILES string of the molecule is CN1CCN(CCC2CCCCN2)c2ccccc21. The van der Waals surface area contributed by atoms with Crippen molar-refractivity contribution in [1.82, 2.24) is 5.32 Å². The zero-order valence-corrected chi connectivity index (χ0v) is 11.9. The van der Waals surface area contributed by atoms with Crippen LogP contribution in [-0.4, -0.2) is 39.3 Å². The van der Waals surface area contributed by atoms with Crippen molar-refractivity contribution in [2.45, 2.75) is 31.7 Å². The fraction of sp³-hybridized carbons (Fsp3) is 0.625. The van der Waals surface area contributed by atoms with Crippen molar-refractivity contribution in [3.63, 3.8) is 0 Å². The van der Waals surface area contributed by atoms with Crippen molar-refractivity contribution in [3.8, 4) is 0 Å². The third kappa shape index (κ3) is 2.86. The van der Waals surface area contributed by atoms with Crippen LogP contribution in [0.1, 0.15) is 25.7 Å². The molecule has 0 aromatic heterocycles. The largest absolute Gasteiger partial charge is 0.371 e. The molecule has 3 rings (SSSR count). The number of benzene rings is 1. The standard InChI is InChI=1S/C16H25N3/c1-18-12-13-19(16-8-3-2-7-15(16)18)11-9-14-6-4-5-10-17-14/h2-3,7-8,14,17H,4-6,9-13H2,1H3. The second-order valence-electron chi connectivity index (χ2n) is 5.83. The van der Waals surface area contributed by atoms with Crippen LogP contribution in [0.4, 0.5) is 11.4 Å². The van der Waals surface area contributed by atoms with E-state index in [0.29, 0.717) is 0 Å². The van der Waals surface area contributed by atoms with E-state index in [1.807, 2.05) is 0 Å². The zero-order chi connectivity index (χ0) is 13.1. The van der Waals surface area contributed by atoms with Crippen molar-refractivity contribution in [2.75, 3.05) is 43.0 Å². The first-order valence-electron chi connectivity index (χ1n) is 7.63. The van der Waals surface area contributed by atoms with Gasteiger partial charge in [0, 0.05) is 32.7 Å². The van der Waals surface area contributed by atoms with E-state index >= 15 is 0 Å². The second kappa shape index (κ2) is 5.83. The molecule has 1 unspecified atom stereocenters. The highest BCUT2D eigenvalue weighted by atomic mass is 15.2. The Hall–Kier alpha value is -1.22. The Kier molecular flexibility index (Phi) is 3.92. The van der Waals surface area contributed by atoms with Gasteiger partial charge in [-0.1, -0.05) is 18.6 Å². The summed E-state index contributed by atoms with van der Waals surface area (Å²) in [4.78, 5) is 4.93. The zero-order valence-electron chi connectivity index (χ0n) is 11.9. The van der Waals surface area contributed by atoms with Crippen LogP contribution in [0, 0.1) is 0 Å². The highest BCUT2D eigenvalue weighted by Crippen LogP contribution is 2.31. The summed E-state index contributed by atoms with van der Waals surface area (Å²) in [7, 11) is 2.19. The lowest BCUT2D eigenvalue weighted by molar-refractivity contribution is 0.383. The van der Waals surface area contributed by atoms with Crippen LogP contribution in [0.5, 0.6) is 0 Å². The average Bonchev–Trinajstić information content (AvgIpc) is 2.48.